The number of hydrogen-bond acceptors (Lipinski definition) is 4. The molecular weight excluding hydrogens is 270 g/mol. The molecule has 0 radical (unpaired) electrons. The minimum absolute atomic E-state index is 0.0708. The number of nitrogen functional groups attached to an aromatic ring is 1. The summed E-state index contributed by atoms with van der Waals surface area (Å²) in [5.74, 6) is 2.83. The molecule has 1 aromatic heterocycles. The Labute approximate surface area is 116 Å². The van der Waals surface area contributed by atoms with Crippen molar-refractivity contribution in [3.63, 3.8) is 0 Å². The lowest BCUT2D eigenvalue weighted by Crippen LogP contribution is -2.43. The molecule has 0 aliphatic carbocycles. The van der Waals surface area contributed by atoms with Gasteiger partial charge in [0.1, 0.15) is 5.02 Å². The van der Waals surface area contributed by atoms with E-state index in [1.165, 1.54) is 11.5 Å². The summed E-state index contributed by atoms with van der Waals surface area (Å²) >= 11 is 8.01. The van der Waals surface area contributed by atoms with E-state index in [2.05, 4.69) is 5.10 Å². The molecule has 1 unspecified atom stereocenters. The molecule has 100 valence electrons. The quantitative estimate of drug-likeness (QED) is 0.863. The Bertz CT molecular complexity index is 406. The third-order valence-electron chi connectivity index (χ3n) is 3.96. The fraction of sp³-hybridized carbons (Fsp3) is 0.750. The molecule has 2 saturated heterocycles. The largest absolute Gasteiger partial charge is 0.381 e. The van der Waals surface area contributed by atoms with Crippen molar-refractivity contribution in [3.05, 3.63) is 11.2 Å². The van der Waals surface area contributed by atoms with Gasteiger partial charge in [-0.3, -0.25) is 4.68 Å². The van der Waals surface area contributed by atoms with E-state index in [4.69, 9.17) is 22.1 Å². The maximum atomic E-state index is 6.08. The van der Waals surface area contributed by atoms with Crippen molar-refractivity contribution < 1.29 is 4.74 Å². The van der Waals surface area contributed by atoms with Crippen molar-refractivity contribution in [1.29, 1.82) is 0 Å². The highest BCUT2D eigenvalue weighted by Gasteiger charge is 2.39. The Morgan fingerprint density at radius 2 is 2.28 bits per heavy atom. The second-order valence-corrected chi connectivity index (χ2v) is 6.76. The van der Waals surface area contributed by atoms with Crippen LogP contribution in [-0.4, -0.2) is 33.5 Å². The van der Waals surface area contributed by atoms with Gasteiger partial charge in [-0.2, -0.15) is 16.9 Å². The van der Waals surface area contributed by atoms with E-state index in [1.807, 2.05) is 22.6 Å². The van der Waals surface area contributed by atoms with Crippen LogP contribution in [0.4, 0.5) is 5.82 Å². The fourth-order valence-corrected chi connectivity index (χ4v) is 4.26. The highest BCUT2D eigenvalue weighted by molar-refractivity contribution is 7.99. The molecule has 1 spiro atoms. The lowest BCUT2D eigenvalue weighted by atomic mass is 9.85. The van der Waals surface area contributed by atoms with Crippen LogP contribution < -0.4 is 5.73 Å². The Morgan fingerprint density at radius 1 is 1.50 bits per heavy atom. The van der Waals surface area contributed by atoms with Crippen LogP contribution in [-0.2, 0) is 4.74 Å². The molecule has 0 amide bonds. The maximum Gasteiger partial charge on any atom is 0.164 e. The lowest BCUT2D eigenvalue weighted by molar-refractivity contribution is -0.100. The molecule has 18 heavy (non-hydrogen) atoms. The molecule has 1 atom stereocenters. The van der Waals surface area contributed by atoms with Gasteiger partial charge in [-0.05, 0) is 37.2 Å². The highest BCUT2D eigenvalue weighted by atomic mass is 35.5. The van der Waals surface area contributed by atoms with E-state index < -0.39 is 0 Å². The van der Waals surface area contributed by atoms with Gasteiger partial charge in [0.25, 0.3) is 0 Å². The SMILES string of the molecule is Nc1nn(C2CCOC3(CCSCC3)C2)cc1Cl. The molecule has 4 nitrogen and oxygen atoms in total. The minimum Gasteiger partial charge on any atom is -0.381 e. The zero-order valence-electron chi connectivity index (χ0n) is 10.3. The lowest BCUT2D eigenvalue weighted by Gasteiger charge is -2.43. The molecule has 3 rings (SSSR count). The number of hydrogen-bond donors (Lipinski definition) is 1. The molecule has 2 aliphatic heterocycles. The number of halogens is 1. The molecule has 2 fully saturated rings. The number of aromatic nitrogens is 2. The Morgan fingerprint density at radius 3 is 2.94 bits per heavy atom. The minimum atomic E-state index is 0.0708. The third-order valence-corrected chi connectivity index (χ3v) is 5.24. The number of ether oxygens (including phenoxy) is 1. The molecule has 2 N–H and O–H groups in total. The van der Waals surface area contributed by atoms with E-state index in [1.54, 1.807) is 0 Å². The molecule has 0 aromatic carbocycles. The van der Waals surface area contributed by atoms with Gasteiger partial charge in [0.05, 0.1) is 11.6 Å². The van der Waals surface area contributed by atoms with Crippen LogP contribution in [0.25, 0.3) is 0 Å². The average Bonchev–Trinajstić information content (AvgIpc) is 2.71. The first-order valence-corrected chi connectivity index (χ1v) is 7.94. The van der Waals surface area contributed by atoms with Crippen LogP contribution in [0.5, 0.6) is 0 Å². The van der Waals surface area contributed by atoms with Gasteiger partial charge in [0, 0.05) is 12.8 Å². The number of anilines is 1. The summed E-state index contributed by atoms with van der Waals surface area (Å²) < 4.78 is 8.01. The van der Waals surface area contributed by atoms with E-state index in [-0.39, 0.29) is 5.60 Å². The van der Waals surface area contributed by atoms with Gasteiger partial charge in [0.2, 0.25) is 0 Å². The molecule has 2 aliphatic rings. The first-order chi connectivity index (χ1) is 8.69. The predicted molar refractivity (Wildman–Crippen MR) is 75.2 cm³/mol. The van der Waals surface area contributed by atoms with Gasteiger partial charge in [-0.15, -0.1) is 0 Å². The van der Waals surface area contributed by atoms with Crippen LogP contribution in [0.15, 0.2) is 6.20 Å². The van der Waals surface area contributed by atoms with Crippen molar-refractivity contribution in [2.45, 2.75) is 37.3 Å². The van der Waals surface area contributed by atoms with Crippen LogP contribution in [0.3, 0.4) is 0 Å². The summed E-state index contributed by atoms with van der Waals surface area (Å²) in [6.45, 7) is 0.812. The van der Waals surface area contributed by atoms with E-state index in [9.17, 15) is 0 Å². The number of nitrogens with zero attached hydrogens (tertiary/aromatic N) is 2. The summed E-state index contributed by atoms with van der Waals surface area (Å²) in [5.41, 5.74) is 5.79. The zero-order valence-corrected chi connectivity index (χ0v) is 11.8. The molecule has 0 bridgehead atoms. The number of thioether (sulfide) groups is 1. The van der Waals surface area contributed by atoms with Crippen LogP contribution in [0.2, 0.25) is 5.02 Å². The molecule has 6 heteroatoms. The summed E-state index contributed by atoms with van der Waals surface area (Å²) in [6, 6.07) is 0.372. The fourth-order valence-electron chi connectivity index (χ4n) is 2.89. The smallest absolute Gasteiger partial charge is 0.164 e. The van der Waals surface area contributed by atoms with Gasteiger partial charge in [-0.1, -0.05) is 11.6 Å². The van der Waals surface area contributed by atoms with Gasteiger partial charge in [-0.25, -0.2) is 0 Å². The van der Waals surface area contributed by atoms with E-state index in [0.717, 1.165) is 32.3 Å². The molecule has 1 aromatic rings. The summed E-state index contributed by atoms with van der Waals surface area (Å²) in [5, 5.41) is 4.86. The van der Waals surface area contributed by atoms with Crippen molar-refractivity contribution in [2.75, 3.05) is 23.8 Å². The Hall–Kier alpha value is -0.390. The zero-order chi connectivity index (χ0) is 12.6. The second-order valence-electron chi connectivity index (χ2n) is 5.13. The van der Waals surface area contributed by atoms with Crippen molar-refractivity contribution in [1.82, 2.24) is 9.78 Å². The maximum absolute atomic E-state index is 6.08. The van der Waals surface area contributed by atoms with Crippen molar-refractivity contribution in [2.24, 2.45) is 0 Å². The summed E-state index contributed by atoms with van der Waals surface area (Å²) in [4.78, 5) is 0. The van der Waals surface area contributed by atoms with Gasteiger partial charge >= 0.3 is 0 Å². The normalized spacial score (nSPS) is 27.5. The van der Waals surface area contributed by atoms with Crippen molar-refractivity contribution in [3.8, 4) is 0 Å². The van der Waals surface area contributed by atoms with Crippen LogP contribution in [0.1, 0.15) is 31.7 Å². The first kappa shape index (κ1) is 12.6. The first-order valence-electron chi connectivity index (χ1n) is 6.40. The standard InChI is InChI=1S/C12H18ClN3OS/c13-10-8-16(15-11(10)14)9-1-4-17-12(7-9)2-5-18-6-3-12/h8-9H,1-7H2,(H2,14,15). The molecule has 3 heterocycles. The highest BCUT2D eigenvalue weighted by Crippen LogP contribution is 2.41. The summed E-state index contributed by atoms with van der Waals surface area (Å²) in [6.07, 6.45) is 6.17. The molecule has 0 saturated carbocycles. The van der Waals surface area contributed by atoms with E-state index >= 15 is 0 Å². The monoisotopic (exact) mass is 287 g/mol. The number of nitrogens with two attached hydrogens (primary N) is 1. The second kappa shape index (κ2) is 4.94. The molecular formula is C12H18ClN3OS. The average molecular weight is 288 g/mol. The van der Waals surface area contributed by atoms with Crippen molar-refractivity contribution >= 4 is 29.2 Å². The van der Waals surface area contributed by atoms with Gasteiger partial charge in [0.15, 0.2) is 5.82 Å². The van der Waals surface area contributed by atoms with Crippen LogP contribution >= 0.6 is 23.4 Å². The Kier molecular flexibility index (Phi) is 3.47. The summed E-state index contributed by atoms with van der Waals surface area (Å²) in [7, 11) is 0. The number of rotatable bonds is 1. The van der Waals surface area contributed by atoms with Gasteiger partial charge < -0.3 is 10.5 Å². The van der Waals surface area contributed by atoms with E-state index in [0.29, 0.717) is 16.9 Å². The third kappa shape index (κ3) is 2.36. The Balaban J connectivity index is 1.77. The predicted octanol–water partition coefficient (Wildman–Crippen LogP) is 2.74. The van der Waals surface area contributed by atoms with Crippen LogP contribution in [0, 0.1) is 0 Å². The topological polar surface area (TPSA) is 53.1 Å².